The van der Waals surface area contributed by atoms with Gasteiger partial charge in [-0.15, -0.1) is 0 Å². The number of benzene rings is 2. The average Bonchev–Trinajstić information content (AvgIpc) is 2.32. The van der Waals surface area contributed by atoms with E-state index >= 15 is 0 Å². The lowest BCUT2D eigenvalue weighted by Gasteiger charge is -2.13. The van der Waals surface area contributed by atoms with Crippen molar-refractivity contribution in [3.63, 3.8) is 0 Å². The zero-order valence-corrected chi connectivity index (χ0v) is 10.8. The van der Waals surface area contributed by atoms with Gasteiger partial charge in [-0.05, 0) is 35.7 Å². The van der Waals surface area contributed by atoms with Crippen LogP contribution in [0.5, 0.6) is 0 Å². The van der Waals surface area contributed by atoms with E-state index in [-0.39, 0.29) is 11.9 Å². The molecule has 0 aliphatic carbocycles. The molecule has 88 valence electrons. The number of hydrogen-bond donors (Lipinski definition) is 1. The van der Waals surface area contributed by atoms with E-state index in [1.165, 1.54) is 12.1 Å². The highest BCUT2D eigenvalue weighted by molar-refractivity contribution is 9.10. The van der Waals surface area contributed by atoms with Crippen LogP contribution in [0, 0.1) is 5.82 Å². The van der Waals surface area contributed by atoms with Crippen LogP contribution in [-0.2, 0) is 6.42 Å². The Balaban J connectivity index is 2.17. The van der Waals surface area contributed by atoms with Crippen LogP contribution in [0.25, 0.3) is 0 Å². The average molecular weight is 294 g/mol. The maximum atomic E-state index is 13.1. The van der Waals surface area contributed by atoms with Gasteiger partial charge in [0.2, 0.25) is 0 Å². The Morgan fingerprint density at radius 2 is 1.88 bits per heavy atom. The Labute approximate surface area is 109 Å². The Bertz CT molecular complexity index is 513. The summed E-state index contributed by atoms with van der Waals surface area (Å²) in [6.07, 6.45) is 0.685. The largest absolute Gasteiger partial charge is 0.324 e. The van der Waals surface area contributed by atoms with Gasteiger partial charge >= 0.3 is 0 Å². The summed E-state index contributed by atoms with van der Waals surface area (Å²) in [4.78, 5) is 0. The Morgan fingerprint density at radius 3 is 2.59 bits per heavy atom. The molecule has 0 radical (unpaired) electrons. The van der Waals surface area contributed by atoms with E-state index in [0.29, 0.717) is 6.42 Å². The van der Waals surface area contributed by atoms with Crippen LogP contribution < -0.4 is 5.73 Å². The molecular formula is C14H13BrFN. The van der Waals surface area contributed by atoms with Gasteiger partial charge in [0.05, 0.1) is 0 Å². The van der Waals surface area contributed by atoms with Crippen molar-refractivity contribution >= 4 is 15.9 Å². The third-order valence-corrected chi connectivity index (χ3v) is 3.45. The Hall–Kier alpha value is -1.19. The van der Waals surface area contributed by atoms with Crippen LogP contribution in [0.15, 0.2) is 53.0 Å². The summed E-state index contributed by atoms with van der Waals surface area (Å²) < 4.78 is 14.1. The molecule has 2 rings (SSSR count). The molecule has 0 bridgehead atoms. The second-order valence-corrected chi connectivity index (χ2v) is 4.81. The zero-order chi connectivity index (χ0) is 12.3. The first-order chi connectivity index (χ1) is 8.16. The summed E-state index contributed by atoms with van der Waals surface area (Å²) in [6, 6.07) is 14.2. The summed E-state index contributed by atoms with van der Waals surface area (Å²) >= 11 is 3.48. The molecule has 0 fully saturated rings. The van der Waals surface area contributed by atoms with Gasteiger partial charge in [0.25, 0.3) is 0 Å². The molecule has 0 aromatic heterocycles. The van der Waals surface area contributed by atoms with Crippen molar-refractivity contribution in [2.24, 2.45) is 5.73 Å². The Kier molecular flexibility index (Phi) is 3.92. The minimum atomic E-state index is -0.245. The highest BCUT2D eigenvalue weighted by atomic mass is 79.9. The maximum absolute atomic E-state index is 13.1. The third-order valence-electron chi connectivity index (χ3n) is 2.67. The van der Waals surface area contributed by atoms with Gasteiger partial charge < -0.3 is 5.73 Å². The lowest BCUT2D eigenvalue weighted by atomic mass is 10.00. The van der Waals surface area contributed by atoms with E-state index in [1.54, 1.807) is 6.07 Å². The van der Waals surface area contributed by atoms with Gasteiger partial charge in [-0.25, -0.2) is 4.39 Å². The Morgan fingerprint density at radius 1 is 1.12 bits per heavy atom. The molecule has 17 heavy (non-hydrogen) atoms. The first-order valence-electron chi connectivity index (χ1n) is 5.41. The van der Waals surface area contributed by atoms with Gasteiger partial charge in [-0.1, -0.05) is 46.3 Å². The molecule has 1 nitrogen and oxygen atoms in total. The molecule has 2 aromatic rings. The molecular weight excluding hydrogens is 281 g/mol. The fraction of sp³-hybridized carbons (Fsp3) is 0.143. The second-order valence-electron chi connectivity index (χ2n) is 3.96. The molecule has 0 heterocycles. The fourth-order valence-corrected chi connectivity index (χ4v) is 2.20. The van der Waals surface area contributed by atoms with E-state index in [9.17, 15) is 4.39 Å². The molecule has 0 saturated carbocycles. The van der Waals surface area contributed by atoms with E-state index in [4.69, 9.17) is 5.73 Å². The quantitative estimate of drug-likeness (QED) is 0.914. The standard InChI is InChI=1S/C14H13BrFN/c15-13-7-2-1-4-10(13)9-14(17)11-5-3-6-12(16)8-11/h1-8,14H,9,17H2. The highest BCUT2D eigenvalue weighted by Gasteiger charge is 2.09. The van der Waals surface area contributed by atoms with Crippen molar-refractivity contribution < 1.29 is 4.39 Å². The number of nitrogens with two attached hydrogens (primary N) is 1. The van der Waals surface area contributed by atoms with E-state index in [1.807, 2.05) is 30.3 Å². The molecule has 2 aromatic carbocycles. The minimum Gasteiger partial charge on any atom is -0.324 e. The van der Waals surface area contributed by atoms with Crippen molar-refractivity contribution in [2.75, 3.05) is 0 Å². The second kappa shape index (κ2) is 5.43. The molecule has 1 atom stereocenters. The fourth-order valence-electron chi connectivity index (χ4n) is 1.76. The smallest absolute Gasteiger partial charge is 0.123 e. The summed E-state index contributed by atoms with van der Waals surface area (Å²) in [5.41, 5.74) is 8.03. The third kappa shape index (κ3) is 3.14. The summed E-state index contributed by atoms with van der Waals surface area (Å²) in [7, 11) is 0. The predicted molar refractivity (Wildman–Crippen MR) is 71.2 cm³/mol. The van der Waals surface area contributed by atoms with Crippen LogP contribution in [0.4, 0.5) is 4.39 Å². The lowest BCUT2D eigenvalue weighted by molar-refractivity contribution is 0.618. The maximum Gasteiger partial charge on any atom is 0.123 e. The van der Waals surface area contributed by atoms with Crippen LogP contribution in [0.3, 0.4) is 0 Å². The summed E-state index contributed by atoms with van der Waals surface area (Å²) in [6.45, 7) is 0. The molecule has 0 aliphatic rings. The lowest BCUT2D eigenvalue weighted by Crippen LogP contribution is -2.13. The van der Waals surface area contributed by atoms with Gasteiger partial charge in [0.15, 0.2) is 0 Å². The number of rotatable bonds is 3. The van der Waals surface area contributed by atoms with E-state index < -0.39 is 0 Å². The first kappa shape index (κ1) is 12.3. The van der Waals surface area contributed by atoms with Crippen LogP contribution in [-0.4, -0.2) is 0 Å². The minimum absolute atomic E-state index is 0.190. The van der Waals surface area contributed by atoms with Crippen molar-refractivity contribution in [3.05, 3.63) is 69.9 Å². The molecule has 0 aliphatic heterocycles. The van der Waals surface area contributed by atoms with Crippen molar-refractivity contribution in [3.8, 4) is 0 Å². The molecule has 1 unspecified atom stereocenters. The highest BCUT2D eigenvalue weighted by Crippen LogP contribution is 2.22. The monoisotopic (exact) mass is 293 g/mol. The van der Waals surface area contributed by atoms with Crippen molar-refractivity contribution in [1.29, 1.82) is 0 Å². The predicted octanol–water partition coefficient (Wildman–Crippen LogP) is 3.83. The van der Waals surface area contributed by atoms with Crippen molar-refractivity contribution in [2.45, 2.75) is 12.5 Å². The van der Waals surface area contributed by atoms with Crippen LogP contribution >= 0.6 is 15.9 Å². The topological polar surface area (TPSA) is 26.0 Å². The van der Waals surface area contributed by atoms with E-state index in [0.717, 1.165) is 15.6 Å². The number of halogens is 2. The molecule has 0 amide bonds. The first-order valence-corrected chi connectivity index (χ1v) is 6.20. The van der Waals surface area contributed by atoms with Gasteiger partial charge in [0.1, 0.15) is 5.82 Å². The summed E-state index contributed by atoms with van der Waals surface area (Å²) in [5, 5.41) is 0. The van der Waals surface area contributed by atoms with Crippen LogP contribution in [0.1, 0.15) is 17.2 Å². The van der Waals surface area contributed by atoms with Gasteiger partial charge in [-0.2, -0.15) is 0 Å². The zero-order valence-electron chi connectivity index (χ0n) is 9.24. The normalized spacial score (nSPS) is 12.4. The molecule has 2 N–H and O–H groups in total. The van der Waals surface area contributed by atoms with Crippen LogP contribution in [0.2, 0.25) is 0 Å². The molecule has 0 spiro atoms. The van der Waals surface area contributed by atoms with Gasteiger partial charge in [0, 0.05) is 10.5 Å². The molecule has 0 saturated heterocycles. The summed E-state index contributed by atoms with van der Waals surface area (Å²) in [5.74, 6) is -0.245. The van der Waals surface area contributed by atoms with Crippen molar-refractivity contribution in [1.82, 2.24) is 0 Å². The SMILES string of the molecule is NC(Cc1ccccc1Br)c1cccc(F)c1. The molecule has 3 heteroatoms. The number of hydrogen-bond acceptors (Lipinski definition) is 1. The van der Waals surface area contributed by atoms with E-state index in [2.05, 4.69) is 15.9 Å². The van der Waals surface area contributed by atoms with Gasteiger partial charge in [-0.3, -0.25) is 0 Å².